The van der Waals surface area contributed by atoms with E-state index in [2.05, 4.69) is 12.1 Å². The maximum atomic E-state index is 14.3. The standard InChI is InChI=1S/C20H18FNO2S/c1-24-12-15-18-16(21)7-4-8-17(18)25-19(15)20(23)22-10-9-13-5-2-3-6-14(13)11-22/h2-8H,9-12H2,1H3. The Hall–Kier alpha value is -2.24. The van der Waals surface area contributed by atoms with Crippen molar-refractivity contribution in [2.75, 3.05) is 13.7 Å². The van der Waals surface area contributed by atoms with E-state index in [4.69, 9.17) is 4.74 Å². The lowest BCUT2D eigenvalue weighted by atomic mass is 9.99. The third kappa shape index (κ3) is 2.83. The van der Waals surface area contributed by atoms with Crippen LogP contribution in [0.1, 0.15) is 26.4 Å². The van der Waals surface area contributed by atoms with Gasteiger partial charge in [0.1, 0.15) is 5.82 Å². The highest BCUT2D eigenvalue weighted by molar-refractivity contribution is 7.21. The predicted molar refractivity (Wildman–Crippen MR) is 97.4 cm³/mol. The van der Waals surface area contributed by atoms with E-state index >= 15 is 0 Å². The van der Waals surface area contributed by atoms with Crippen molar-refractivity contribution in [1.82, 2.24) is 4.90 Å². The number of carbonyl (C=O) groups is 1. The monoisotopic (exact) mass is 355 g/mol. The molecule has 1 aromatic heterocycles. The molecule has 0 N–H and O–H groups in total. The van der Waals surface area contributed by atoms with Gasteiger partial charge in [-0.05, 0) is 29.7 Å². The number of halogens is 1. The van der Waals surface area contributed by atoms with Gasteiger partial charge in [0, 0.05) is 35.8 Å². The zero-order valence-electron chi connectivity index (χ0n) is 13.9. The van der Waals surface area contributed by atoms with E-state index in [-0.39, 0.29) is 18.3 Å². The molecule has 4 rings (SSSR count). The van der Waals surface area contributed by atoms with Gasteiger partial charge in [-0.3, -0.25) is 4.79 Å². The van der Waals surface area contributed by atoms with Gasteiger partial charge in [-0.2, -0.15) is 0 Å². The average Bonchev–Trinajstić information content (AvgIpc) is 3.01. The fraction of sp³-hybridized carbons (Fsp3) is 0.250. The molecule has 2 heterocycles. The molecule has 0 bridgehead atoms. The van der Waals surface area contributed by atoms with E-state index in [1.807, 2.05) is 23.1 Å². The Morgan fingerprint density at radius 3 is 2.80 bits per heavy atom. The summed E-state index contributed by atoms with van der Waals surface area (Å²) in [5.74, 6) is -0.342. The van der Waals surface area contributed by atoms with Crippen molar-refractivity contribution in [2.45, 2.75) is 19.6 Å². The first-order valence-electron chi connectivity index (χ1n) is 8.24. The molecule has 0 radical (unpaired) electrons. The maximum absolute atomic E-state index is 14.3. The average molecular weight is 355 g/mol. The Morgan fingerprint density at radius 1 is 1.20 bits per heavy atom. The highest BCUT2D eigenvalue weighted by Gasteiger charge is 2.27. The normalized spacial score (nSPS) is 13.9. The number of carbonyl (C=O) groups excluding carboxylic acids is 1. The van der Waals surface area contributed by atoms with Gasteiger partial charge in [0.15, 0.2) is 0 Å². The number of amides is 1. The van der Waals surface area contributed by atoms with Crippen LogP contribution in [-0.2, 0) is 24.3 Å². The fourth-order valence-electron chi connectivity index (χ4n) is 3.43. The van der Waals surface area contributed by atoms with E-state index in [9.17, 15) is 9.18 Å². The number of fused-ring (bicyclic) bond motifs is 2. The van der Waals surface area contributed by atoms with Crippen LogP contribution in [0.25, 0.3) is 10.1 Å². The van der Waals surface area contributed by atoms with Gasteiger partial charge < -0.3 is 9.64 Å². The number of hydrogen-bond acceptors (Lipinski definition) is 3. The van der Waals surface area contributed by atoms with Crippen molar-refractivity contribution in [3.63, 3.8) is 0 Å². The van der Waals surface area contributed by atoms with Crippen LogP contribution < -0.4 is 0 Å². The molecule has 1 aliphatic rings. The molecular formula is C20H18FNO2S. The minimum Gasteiger partial charge on any atom is -0.380 e. The summed E-state index contributed by atoms with van der Waals surface area (Å²) in [6.07, 6.45) is 0.848. The zero-order chi connectivity index (χ0) is 17.4. The molecule has 0 saturated carbocycles. The van der Waals surface area contributed by atoms with Crippen LogP contribution in [0.2, 0.25) is 0 Å². The van der Waals surface area contributed by atoms with Gasteiger partial charge in [0.2, 0.25) is 0 Å². The van der Waals surface area contributed by atoms with Crippen molar-refractivity contribution in [2.24, 2.45) is 0 Å². The third-order valence-corrected chi connectivity index (χ3v) is 5.85. The quantitative estimate of drug-likeness (QED) is 0.697. The lowest BCUT2D eigenvalue weighted by Crippen LogP contribution is -2.35. The lowest BCUT2D eigenvalue weighted by molar-refractivity contribution is 0.0735. The molecule has 1 amide bonds. The van der Waals surface area contributed by atoms with Crippen molar-refractivity contribution >= 4 is 27.3 Å². The number of rotatable bonds is 3. The van der Waals surface area contributed by atoms with Crippen LogP contribution in [0.4, 0.5) is 4.39 Å². The summed E-state index contributed by atoms with van der Waals surface area (Å²) >= 11 is 1.35. The molecule has 0 saturated heterocycles. The second kappa shape index (κ2) is 6.58. The summed E-state index contributed by atoms with van der Waals surface area (Å²) in [7, 11) is 1.57. The molecule has 2 aromatic carbocycles. The van der Waals surface area contributed by atoms with E-state index < -0.39 is 0 Å². The third-order valence-electron chi connectivity index (χ3n) is 4.66. The number of thiophene rings is 1. The Morgan fingerprint density at radius 2 is 2.00 bits per heavy atom. The summed E-state index contributed by atoms with van der Waals surface area (Å²) < 4.78 is 20.4. The molecule has 3 nitrogen and oxygen atoms in total. The highest BCUT2D eigenvalue weighted by atomic mass is 32.1. The molecule has 5 heteroatoms. The SMILES string of the molecule is COCc1c(C(=O)N2CCc3ccccc3C2)sc2cccc(F)c12. The van der Waals surface area contributed by atoms with Crippen LogP contribution in [0.3, 0.4) is 0 Å². The Balaban J connectivity index is 1.73. The van der Waals surface area contributed by atoms with Crippen LogP contribution >= 0.6 is 11.3 Å². The van der Waals surface area contributed by atoms with Gasteiger partial charge in [-0.1, -0.05) is 30.3 Å². The van der Waals surface area contributed by atoms with Gasteiger partial charge >= 0.3 is 0 Å². The predicted octanol–water partition coefficient (Wildman–Crippen LogP) is 4.39. The maximum Gasteiger partial charge on any atom is 0.264 e. The first kappa shape index (κ1) is 16.2. The molecule has 128 valence electrons. The van der Waals surface area contributed by atoms with Crippen molar-refractivity contribution < 1.29 is 13.9 Å². The Kier molecular flexibility index (Phi) is 4.27. The first-order chi connectivity index (χ1) is 12.2. The van der Waals surface area contributed by atoms with E-state index in [0.717, 1.165) is 11.1 Å². The van der Waals surface area contributed by atoms with Crippen LogP contribution in [0, 0.1) is 5.82 Å². The van der Waals surface area contributed by atoms with Gasteiger partial charge in [0.25, 0.3) is 5.91 Å². The first-order valence-corrected chi connectivity index (χ1v) is 9.05. The number of nitrogens with zero attached hydrogens (tertiary/aromatic N) is 1. The Bertz CT molecular complexity index is 950. The van der Waals surface area contributed by atoms with E-state index in [1.165, 1.54) is 28.5 Å². The minimum atomic E-state index is -0.302. The second-order valence-corrected chi connectivity index (χ2v) is 7.25. The fourth-order valence-corrected chi connectivity index (χ4v) is 4.62. The molecule has 0 atom stereocenters. The van der Waals surface area contributed by atoms with Crippen molar-refractivity contribution in [3.05, 3.63) is 69.8 Å². The Labute approximate surface area is 149 Å². The molecule has 1 aliphatic heterocycles. The lowest BCUT2D eigenvalue weighted by Gasteiger charge is -2.28. The topological polar surface area (TPSA) is 29.5 Å². The van der Waals surface area contributed by atoms with E-state index in [0.29, 0.717) is 28.9 Å². The zero-order valence-corrected chi connectivity index (χ0v) is 14.7. The summed E-state index contributed by atoms with van der Waals surface area (Å²) in [4.78, 5) is 15.6. The highest BCUT2D eigenvalue weighted by Crippen LogP contribution is 2.35. The number of methoxy groups -OCH3 is 1. The number of ether oxygens (including phenoxy) is 1. The smallest absolute Gasteiger partial charge is 0.264 e. The minimum absolute atomic E-state index is 0.0397. The van der Waals surface area contributed by atoms with Gasteiger partial charge in [0.05, 0.1) is 11.5 Å². The molecule has 25 heavy (non-hydrogen) atoms. The number of hydrogen-bond donors (Lipinski definition) is 0. The summed E-state index contributed by atoms with van der Waals surface area (Å²) in [6.45, 7) is 1.50. The second-order valence-electron chi connectivity index (χ2n) is 6.20. The van der Waals surface area contributed by atoms with Crippen molar-refractivity contribution in [1.29, 1.82) is 0 Å². The summed E-state index contributed by atoms with van der Waals surface area (Å²) in [5.41, 5.74) is 3.14. The molecule has 0 spiro atoms. The van der Waals surface area contributed by atoms with Crippen LogP contribution in [0.5, 0.6) is 0 Å². The van der Waals surface area contributed by atoms with Crippen LogP contribution in [0.15, 0.2) is 42.5 Å². The molecule has 0 unspecified atom stereocenters. The van der Waals surface area contributed by atoms with Gasteiger partial charge in [-0.15, -0.1) is 11.3 Å². The number of benzene rings is 2. The van der Waals surface area contributed by atoms with Gasteiger partial charge in [-0.25, -0.2) is 4.39 Å². The summed E-state index contributed by atoms with van der Waals surface area (Å²) in [5, 5.41) is 0.509. The molecular weight excluding hydrogens is 337 g/mol. The molecule has 0 aliphatic carbocycles. The van der Waals surface area contributed by atoms with Crippen molar-refractivity contribution in [3.8, 4) is 0 Å². The largest absolute Gasteiger partial charge is 0.380 e. The molecule has 0 fully saturated rings. The van der Waals surface area contributed by atoms with Crippen LogP contribution in [-0.4, -0.2) is 24.5 Å². The molecule has 3 aromatic rings. The van der Waals surface area contributed by atoms with E-state index in [1.54, 1.807) is 13.2 Å². The summed E-state index contributed by atoms with van der Waals surface area (Å²) in [6, 6.07) is 13.2.